The Hall–Kier alpha value is -2.27. The molecular formula is C18H21N5. The van der Waals surface area contributed by atoms with E-state index >= 15 is 0 Å². The molecule has 0 bridgehead atoms. The third-order valence-corrected chi connectivity index (χ3v) is 4.74. The zero-order valence-corrected chi connectivity index (χ0v) is 13.4. The van der Waals surface area contributed by atoms with Crippen LogP contribution in [0.5, 0.6) is 0 Å². The highest BCUT2D eigenvalue weighted by atomic mass is 15.2. The number of pyridine rings is 2. The Labute approximate surface area is 136 Å². The molecule has 1 saturated heterocycles. The molecule has 1 fully saturated rings. The first-order valence-electron chi connectivity index (χ1n) is 8.25. The molecule has 23 heavy (non-hydrogen) atoms. The van der Waals surface area contributed by atoms with Crippen molar-refractivity contribution < 1.29 is 0 Å². The van der Waals surface area contributed by atoms with E-state index in [-0.39, 0.29) is 0 Å². The van der Waals surface area contributed by atoms with Crippen molar-refractivity contribution in [3.05, 3.63) is 42.9 Å². The average Bonchev–Trinajstić information content (AvgIpc) is 2.96. The normalized spacial score (nSPS) is 19.3. The zero-order valence-electron chi connectivity index (χ0n) is 13.4. The zero-order chi connectivity index (χ0) is 15.6. The van der Waals surface area contributed by atoms with Crippen molar-refractivity contribution in [1.29, 1.82) is 0 Å². The van der Waals surface area contributed by atoms with Crippen LogP contribution in [0, 0.1) is 0 Å². The largest absolute Gasteiger partial charge is 0.307 e. The number of nitrogens with zero attached hydrogens (tertiary/aromatic N) is 5. The Morgan fingerprint density at radius 2 is 2.09 bits per heavy atom. The van der Waals surface area contributed by atoms with Gasteiger partial charge in [0.05, 0.1) is 0 Å². The quantitative estimate of drug-likeness (QED) is 0.746. The number of rotatable bonds is 3. The first kappa shape index (κ1) is 14.3. The van der Waals surface area contributed by atoms with E-state index in [1.807, 2.05) is 30.6 Å². The highest BCUT2D eigenvalue weighted by Gasteiger charge is 2.22. The van der Waals surface area contributed by atoms with Gasteiger partial charge in [0.2, 0.25) is 0 Å². The molecule has 5 nitrogen and oxygen atoms in total. The first-order valence-corrected chi connectivity index (χ1v) is 8.25. The molecular weight excluding hydrogens is 286 g/mol. The van der Waals surface area contributed by atoms with Crippen molar-refractivity contribution in [2.24, 2.45) is 0 Å². The number of piperidine rings is 1. The molecule has 3 aromatic rings. The molecule has 0 N–H and O–H groups in total. The van der Waals surface area contributed by atoms with Crippen LogP contribution in [0.1, 0.15) is 19.3 Å². The number of hydrogen-bond acceptors (Lipinski definition) is 4. The van der Waals surface area contributed by atoms with E-state index in [0.717, 1.165) is 29.1 Å². The lowest BCUT2D eigenvalue weighted by Crippen LogP contribution is -2.39. The third kappa shape index (κ3) is 2.72. The standard InChI is InChI=1S/C18H21N5/c1-22-11-3-2-7-15(22)13-23-17(14-6-4-9-19-12-14)21-16-8-5-10-20-18(16)23/h4-6,8-10,12,15H,2-3,7,11,13H2,1H3. The summed E-state index contributed by atoms with van der Waals surface area (Å²) in [5.41, 5.74) is 2.96. The van der Waals surface area contributed by atoms with Gasteiger partial charge < -0.3 is 9.47 Å². The van der Waals surface area contributed by atoms with Crippen molar-refractivity contribution in [2.45, 2.75) is 31.8 Å². The molecule has 118 valence electrons. The molecule has 1 aliphatic rings. The fourth-order valence-electron chi connectivity index (χ4n) is 3.43. The molecule has 1 unspecified atom stereocenters. The lowest BCUT2D eigenvalue weighted by Gasteiger charge is -2.33. The first-order chi connectivity index (χ1) is 11.3. The molecule has 4 rings (SSSR count). The van der Waals surface area contributed by atoms with E-state index in [9.17, 15) is 0 Å². The summed E-state index contributed by atoms with van der Waals surface area (Å²) < 4.78 is 2.26. The van der Waals surface area contributed by atoms with Crippen molar-refractivity contribution in [2.75, 3.05) is 13.6 Å². The molecule has 0 saturated carbocycles. The Balaban J connectivity index is 1.80. The number of fused-ring (bicyclic) bond motifs is 1. The Bertz CT molecular complexity index is 796. The van der Waals surface area contributed by atoms with Crippen LogP contribution in [0.3, 0.4) is 0 Å². The van der Waals surface area contributed by atoms with Gasteiger partial charge in [-0.2, -0.15) is 0 Å². The molecule has 0 aliphatic carbocycles. The van der Waals surface area contributed by atoms with Gasteiger partial charge in [-0.3, -0.25) is 4.98 Å². The fraction of sp³-hybridized carbons (Fsp3) is 0.389. The predicted molar refractivity (Wildman–Crippen MR) is 91.0 cm³/mol. The van der Waals surface area contributed by atoms with Gasteiger partial charge in [-0.1, -0.05) is 6.42 Å². The minimum atomic E-state index is 0.540. The average molecular weight is 307 g/mol. The van der Waals surface area contributed by atoms with Crippen LogP contribution >= 0.6 is 0 Å². The highest BCUT2D eigenvalue weighted by Crippen LogP contribution is 2.25. The van der Waals surface area contributed by atoms with Crippen LogP contribution in [0.15, 0.2) is 42.9 Å². The van der Waals surface area contributed by atoms with Gasteiger partial charge in [0.25, 0.3) is 0 Å². The van der Waals surface area contributed by atoms with Crippen LogP contribution in [0.2, 0.25) is 0 Å². The minimum absolute atomic E-state index is 0.540. The van der Waals surface area contributed by atoms with E-state index in [2.05, 4.69) is 32.5 Å². The summed E-state index contributed by atoms with van der Waals surface area (Å²) in [5, 5.41) is 0. The molecule has 0 spiro atoms. The van der Waals surface area contributed by atoms with E-state index in [0.29, 0.717) is 6.04 Å². The summed E-state index contributed by atoms with van der Waals surface area (Å²) in [4.78, 5) is 16.1. The highest BCUT2D eigenvalue weighted by molar-refractivity contribution is 5.76. The molecule has 1 atom stereocenters. The van der Waals surface area contributed by atoms with Crippen molar-refractivity contribution in [3.8, 4) is 11.4 Å². The SMILES string of the molecule is CN1CCCCC1Cn1c(-c2cccnc2)nc2cccnc21. The van der Waals surface area contributed by atoms with Crippen LogP contribution in [0.4, 0.5) is 0 Å². The molecule has 0 radical (unpaired) electrons. The van der Waals surface area contributed by atoms with Crippen molar-refractivity contribution in [3.63, 3.8) is 0 Å². The maximum atomic E-state index is 4.82. The fourth-order valence-corrected chi connectivity index (χ4v) is 3.43. The van der Waals surface area contributed by atoms with E-state index in [1.165, 1.54) is 25.8 Å². The van der Waals surface area contributed by atoms with E-state index < -0.39 is 0 Å². The summed E-state index contributed by atoms with van der Waals surface area (Å²) >= 11 is 0. The molecule has 0 aromatic carbocycles. The summed E-state index contributed by atoms with van der Waals surface area (Å²) in [7, 11) is 2.22. The summed E-state index contributed by atoms with van der Waals surface area (Å²) in [6.45, 7) is 2.10. The second-order valence-corrected chi connectivity index (χ2v) is 6.26. The lowest BCUT2D eigenvalue weighted by atomic mass is 10.0. The minimum Gasteiger partial charge on any atom is -0.307 e. The predicted octanol–water partition coefficient (Wildman–Crippen LogP) is 2.98. The molecule has 4 heterocycles. The second kappa shape index (κ2) is 6.08. The smallest absolute Gasteiger partial charge is 0.160 e. The summed E-state index contributed by atoms with van der Waals surface area (Å²) in [6, 6.07) is 8.54. The second-order valence-electron chi connectivity index (χ2n) is 6.26. The molecule has 3 aromatic heterocycles. The van der Waals surface area contributed by atoms with Crippen LogP contribution < -0.4 is 0 Å². The Morgan fingerprint density at radius 3 is 2.91 bits per heavy atom. The Kier molecular flexibility index (Phi) is 3.79. The molecule has 0 amide bonds. The Morgan fingerprint density at radius 1 is 1.17 bits per heavy atom. The lowest BCUT2D eigenvalue weighted by molar-refractivity contribution is 0.169. The molecule has 5 heteroatoms. The van der Waals surface area contributed by atoms with Gasteiger partial charge in [0, 0.05) is 36.7 Å². The maximum Gasteiger partial charge on any atom is 0.160 e. The van der Waals surface area contributed by atoms with E-state index in [4.69, 9.17) is 4.98 Å². The van der Waals surface area contributed by atoms with Gasteiger partial charge in [-0.15, -0.1) is 0 Å². The number of imidazole rings is 1. The van der Waals surface area contributed by atoms with Crippen LogP contribution in [-0.2, 0) is 6.54 Å². The van der Waals surface area contributed by atoms with Crippen LogP contribution in [-0.4, -0.2) is 44.1 Å². The van der Waals surface area contributed by atoms with Gasteiger partial charge in [0.15, 0.2) is 5.65 Å². The number of hydrogen-bond donors (Lipinski definition) is 0. The number of likely N-dealkylation sites (tertiary alicyclic amines) is 1. The van der Waals surface area contributed by atoms with E-state index in [1.54, 1.807) is 6.20 Å². The molecule has 1 aliphatic heterocycles. The van der Waals surface area contributed by atoms with Gasteiger partial charge in [-0.25, -0.2) is 9.97 Å². The van der Waals surface area contributed by atoms with Crippen molar-refractivity contribution >= 4 is 11.2 Å². The maximum absolute atomic E-state index is 4.82. The van der Waals surface area contributed by atoms with Gasteiger partial charge in [-0.05, 0) is 50.7 Å². The number of likely N-dealkylation sites (N-methyl/N-ethyl adjacent to an activating group) is 1. The van der Waals surface area contributed by atoms with Crippen molar-refractivity contribution in [1.82, 2.24) is 24.4 Å². The number of aromatic nitrogens is 4. The van der Waals surface area contributed by atoms with Gasteiger partial charge >= 0.3 is 0 Å². The third-order valence-electron chi connectivity index (χ3n) is 4.74. The monoisotopic (exact) mass is 307 g/mol. The topological polar surface area (TPSA) is 46.8 Å². The van der Waals surface area contributed by atoms with Gasteiger partial charge in [0.1, 0.15) is 11.3 Å². The summed E-state index contributed by atoms with van der Waals surface area (Å²) in [6.07, 6.45) is 9.35. The summed E-state index contributed by atoms with van der Waals surface area (Å²) in [5.74, 6) is 0.964. The van der Waals surface area contributed by atoms with Crippen LogP contribution in [0.25, 0.3) is 22.6 Å².